The molecule has 0 saturated carbocycles. The van der Waals surface area contributed by atoms with Crippen LogP contribution < -0.4 is 5.32 Å². The maximum absolute atomic E-state index is 13.2. The third-order valence-corrected chi connectivity index (χ3v) is 6.10. The van der Waals surface area contributed by atoms with E-state index in [-0.39, 0.29) is 16.3 Å². The zero-order valence-corrected chi connectivity index (χ0v) is 17.3. The van der Waals surface area contributed by atoms with Crippen molar-refractivity contribution in [3.63, 3.8) is 0 Å². The molecule has 0 spiro atoms. The van der Waals surface area contributed by atoms with Crippen LogP contribution in [0.2, 0.25) is 0 Å². The minimum Gasteiger partial charge on any atom is -0.342 e. The van der Waals surface area contributed by atoms with Crippen molar-refractivity contribution in [1.82, 2.24) is 20.5 Å². The molecule has 3 heterocycles. The van der Waals surface area contributed by atoms with Crippen LogP contribution in [0, 0.1) is 11.3 Å². The molecule has 2 amide bonds. The van der Waals surface area contributed by atoms with Crippen LogP contribution in [-0.2, 0) is 4.79 Å². The minimum atomic E-state index is -1.13. The van der Waals surface area contributed by atoms with E-state index in [1.54, 1.807) is 41.3 Å². The second-order valence-electron chi connectivity index (χ2n) is 7.16. The van der Waals surface area contributed by atoms with Crippen LogP contribution in [0.25, 0.3) is 5.57 Å². The molecule has 10 heteroatoms. The number of halogens is 3. The number of fused-ring (bicyclic) bond motifs is 1. The molecule has 2 unspecified atom stereocenters. The van der Waals surface area contributed by atoms with E-state index in [1.807, 2.05) is 0 Å². The van der Waals surface area contributed by atoms with Crippen LogP contribution in [0.3, 0.4) is 0 Å². The number of allylic oxidation sites excluding steroid dienone is 2. The molecule has 156 valence electrons. The highest BCUT2D eigenvalue weighted by Crippen LogP contribution is 2.33. The molecule has 1 aromatic rings. The number of carbonyl (C=O) groups excluding carboxylic acids is 2. The summed E-state index contributed by atoms with van der Waals surface area (Å²) in [4.78, 5) is 28.2. The van der Waals surface area contributed by atoms with Gasteiger partial charge in [0.25, 0.3) is 11.8 Å². The van der Waals surface area contributed by atoms with E-state index in [0.29, 0.717) is 29.8 Å². The topological polar surface area (TPSA) is 79.7 Å². The molecule has 1 fully saturated rings. The summed E-state index contributed by atoms with van der Waals surface area (Å²) in [7, 11) is 0. The lowest BCUT2D eigenvalue weighted by Crippen LogP contribution is -2.53. The Morgan fingerprint density at radius 2 is 2.03 bits per heavy atom. The first kappa shape index (κ1) is 20.3. The molecule has 2 atom stereocenters. The Kier molecular flexibility index (Phi) is 5.42. The van der Waals surface area contributed by atoms with Crippen molar-refractivity contribution in [2.24, 2.45) is 5.92 Å². The number of benzene rings is 1. The van der Waals surface area contributed by atoms with Crippen molar-refractivity contribution >= 4 is 39.5 Å². The summed E-state index contributed by atoms with van der Waals surface area (Å²) < 4.78 is 26.1. The van der Waals surface area contributed by atoms with Crippen LogP contribution in [0.15, 0.2) is 52.9 Å². The normalized spacial score (nSPS) is 23.2. The Morgan fingerprint density at radius 3 is 2.67 bits per heavy atom. The molecule has 0 aliphatic carbocycles. The van der Waals surface area contributed by atoms with E-state index in [1.165, 1.54) is 17.3 Å². The van der Waals surface area contributed by atoms with E-state index >= 15 is 0 Å². The van der Waals surface area contributed by atoms with E-state index in [0.717, 1.165) is 6.42 Å². The molecule has 2 N–H and O–H groups in total. The van der Waals surface area contributed by atoms with Gasteiger partial charge in [-0.05, 0) is 51.5 Å². The summed E-state index contributed by atoms with van der Waals surface area (Å²) in [5.74, 6) is -1.20. The second-order valence-corrected chi connectivity index (χ2v) is 7.96. The van der Waals surface area contributed by atoms with Gasteiger partial charge in [0.15, 0.2) is 5.82 Å². The predicted molar refractivity (Wildman–Crippen MR) is 110 cm³/mol. The zero-order chi connectivity index (χ0) is 21.4. The quantitative estimate of drug-likeness (QED) is 0.515. The van der Waals surface area contributed by atoms with Gasteiger partial charge in [0.2, 0.25) is 0 Å². The summed E-state index contributed by atoms with van der Waals surface area (Å²) in [6, 6.07) is 6.85. The summed E-state index contributed by atoms with van der Waals surface area (Å²) in [6.45, 7) is 1.16. The van der Waals surface area contributed by atoms with Gasteiger partial charge in [-0.3, -0.25) is 14.5 Å². The summed E-state index contributed by atoms with van der Waals surface area (Å²) in [5, 5.41) is 8.90. The van der Waals surface area contributed by atoms with Gasteiger partial charge in [-0.2, -0.15) is 0 Å². The van der Waals surface area contributed by atoms with Gasteiger partial charge in [-0.1, -0.05) is 27.2 Å². The number of amides is 2. The second kappa shape index (κ2) is 8.02. The molecule has 0 bridgehead atoms. The fourth-order valence-electron chi connectivity index (χ4n) is 3.78. The summed E-state index contributed by atoms with van der Waals surface area (Å²) in [6.07, 6.45) is 6.29. The molecule has 3 aliphatic rings. The average molecular weight is 478 g/mol. The Labute approximate surface area is 179 Å². The number of likely N-dealkylation sites (tertiary alicyclic amines) is 1. The highest BCUT2D eigenvalue weighted by Gasteiger charge is 2.38. The first-order chi connectivity index (χ1) is 14.4. The fraction of sp³-hybridized carbons (Fsp3) is 0.250. The number of nitrogens with one attached hydrogen (secondary N) is 2. The lowest BCUT2D eigenvalue weighted by Gasteiger charge is -2.38. The van der Waals surface area contributed by atoms with Crippen LogP contribution in [0.4, 0.5) is 8.96 Å². The highest BCUT2D eigenvalue weighted by atomic mass is 79.9. The van der Waals surface area contributed by atoms with E-state index in [4.69, 9.17) is 5.41 Å². The lowest BCUT2D eigenvalue weighted by molar-refractivity contribution is -0.139. The Balaban J connectivity index is 1.57. The minimum absolute atomic E-state index is 0.0976. The average Bonchev–Trinajstić information content (AvgIpc) is 3.24. The summed E-state index contributed by atoms with van der Waals surface area (Å²) in [5.41, 5.74) is 1.84. The van der Waals surface area contributed by atoms with Gasteiger partial charge >= 0.3 is 0 Å². The van der Waals surface area contributed by atoms with Gasteiger partial charge < -0.3 is 15.6 Å². The van der Waals surface area contributed by atoms with Crippen LogP contribution in [0.5, 0.6) is 0 Å². The maximum Gasteiger partial charge on any atom is 0.270 e. The monoisotopic (exact) mass is 477 g/mol. The first-order valence-corrected chi connectivity index (χ1v) is 10.1. The van der Waals surface area contributed by atoms with Gasteiger partial charge in [0.1, 0.15) is 10.6 Å². The number of rotatable bonds is 4. The number of carbonyl (C=O) groups is 2. The summed E-state index contributed by atoms with van der Waals surface area (Å²) >= 11 is 2.92. The largest absolute Gasteiger partial charge is 0.342 e. The van der Waals surface area contributed by atoms with Crippen molar-refractivity contribution in [2.45, 2.75) is 12.6 Å². The van der Waals surface area contributed by atoms with Crippen molar-refractivity contribution in [3.8, 4) is 0 Å². The Morgan fingerprint density at radius 1 is 1.30 bits per heavy atom. The van der Waals surface area contributed by atoms with E-state index in [2.05, 4.69) is 21.2 Å². The van der Waals surface area contributed by atoms with Crippen LogP contribution in [0.1, 0.15) is 22.3 Å². The first-order valence-electron chi connectivity index (χ1n) is 9.30. The van der Waals surface area contributed by atoms with Gasteiger partial charge in [0, 0.05) is 42.6 Å². The van der Waals surface area contributed by atoms with Crippen molar-refractivity contribution in [1.29, 1.82) is 5.41 Å². The number of hydrogen-bond donors (Lipinski definition) is 2. The molecule has 30 heavy (non-hydrogen) atoms. The molecule has 1 saturated heterocycles. The third kappa shape index (κ3) is 3.51. The molecule has 0 radical (unpaired) electrons. The van der Waals surface area contributed by atoms with Crippen molar-refractivity contribution < 1.29 is 18.6 Å². The number of hydrogen-bond acceptors (Lipinski definition) is 5. The molecular weight excluding hydrogens is 460 g/mol. The third-order valence-electron chi connectivity index (χ3n) is 5.38. The van der Waals surface area contributed by atoms with E-state index in [9.17, 15) is 18.6 Å². The fourth-order valence-corrected chi connectivity index (χ4v) is 4.23. The highest BCUT2D eigenvalue weighted by molar-refractivity contribution is 9.12. The zero-order valence-electron chi connectivity index (χ0n) is 15.7. The molecule has 0 aromatic heterocycles. The smallest absolute Gasteiger partial charge is 0.270 e. The Bertz CT molecular complexity index is 989. The predicted octanol–water partition coefficient (Wildman–Crippen LogP) is 3.10. The van der Waals surface area contributed by atoms with Crippen molar-refractivity contribution in [3.05, 3.63) is 64.0 Å². The standard InChI is InChI=1S/C20H18BrF2N5O2/c21-16-18(28(22)23)25-17-15(2-1-8-27(17)20(16)30)13-3-5-14(6-4-13)19(29)26-9-7-12(10-24)11-26/h1-6,8,10,12,17,24-25H,7,9,11H2. The Hall–Kier alpha value is -3.01. The molecule has 7 nitrogen and oxygen atoms in total. The number of nitrogens with zero attached hydrogens (tertiary/aromatic N) is 3. The van der Waals surface area contributed by atoms with Crippen LogP contribution in [-0.4, -0.2) is 52.4 Å². The van der Waals surface area contributed by atoms with Crippen molar-refractivity contribution in [2.75, 3.05) is 13.1 Å². The maximum atomic E-state index is 13.2. The SMILES string of the molecule is N=CC1CCN(C(=O)c2ccc(C3=CC=CN4C(=O)C(Br)=C(N(F)F)NC34)cc2)C1. The lowest BCUT2D eigenvalue weighted by atomic mass is 9.97. The van der Waals surface area contributed by atoms with Gasteiger partial charge in [-0.15, -0.1) is 0 Å². The molecule has 4 rings (SSSR count). The molecule has 3 aliphatic heterocycles. The van der Waals surface area contributed by atoms with Gasteiger partial charge in [0.05, 0.1) is 0 Å². The van der Waals surface area contributed by atoms with Gasteiger partial charge in [-0.25, -0.2) is 0 Å². The van der Waals surface area contributed by atoms with E-state index < -0.39 is 23.2 Å². The molecular formula is C20H18BrF2N5O2. The van der Waals surface area contributed by atoms with Crippen LogP contribution >= 0.6 is 15.9 Å². The molecule has 1 aromatic carbocycles.